The van der Waals surface area contributed by atoms with Gasteiger partial charge < -0.3 is 15.4 Å². The van der Waals surface area contributed by atoms with Crippen LogP contribution < -0.4 is 15.8 Å². The average Bonchev–Trinajstić information content (AvgIpc) is 2.67. The molecule has 1 heterocycles. The minimum absolute atomic E-state index is 0.191. The molecule has 0 aliphatic carbocycles. The Morgan fingerprint density at radius 3 is 2.79 bits per heavy atom. The molecule has 2 amide bonds. The number of nitrogens with two attached hydrogens (primary N) is 1. The smallest absolute Gasteiger partial charge is 0.280 e. The molecule has 7 nitrogen and oxygen atoms in total. The van der Waals surface area contributed by atoms with E-state index in [-0.39, 0.29) is 18.4 Å². The molecular formula is C12H14N4O3. The van der Waals surface area contributed by atoms with Crippen molar-refractivity contribution >= 4 is 23.5 Å². The summed E-state index contributed by atoms with van der Waals surface area (Å²) in [5, 5.41) is 2.50. The number of aliphatic imine (C=N–C) groups is 1. The fourth-order valence-electron chi connectivity index (χ4n) is 1.69. The summed E-state index contributed by atoms with van der Waals surface area (Å²) in [5.41, 5.74) is 6.41. The molecule has 3 N–H and O–H groups in total. The third kappa shape index (κ3) is 2.65. The molecule has 1 aliphatic heterocycles. The van der Waals surface area contributed by atoms with Crippen molar-refractivity contribution in [2.24, 2.45) is 4.99 Å². The number of ether oxygens (including phenoxy) is 1. The maximum atomic E-state index is 11.9. The summed E-state index contributed by atoms with van der Waals surface area (Å²) in [6.45, 7) is 0.191. The number of anilines is 1. The number of rotatable bonds is 2. The maximum Gasteiger partial charge on any atom is 0.280 e. The predicted molar refractivity (Wildman–Crippen MR) is 69.9 cm³/mol. The topological polar surface area (TPSA) is 97.0 Å². The lowest BCUT2D eigenvalue weighted by Crippen LogP contribution is -2.28. The van der Waals surface area contributed by atoms with E-state index in [1.807, 2.05) is 0 Å². The van der Waals surface area contributed by atoms with Crippen LogP contribution in [0.1, 0.15) is 10.4 Å². The highest BCUT2D eigenvalue weighted by Gasteiger charge is 2.22. The van der Waals surface area contributed by atoms with Crippen molar-refractivity contribution in [2.45, 2.75) is 0 Å². The third-order valence-electron chi connectivity index (χ3n) is 2.68. The van der Waals surface area contributed by atoms with E-state index in [0.29, 0.717) is 17.0 Å². The minimum Gasteiger partial charge on any atom is -0.495 e. The van der Waals surface area contributed by atoms with E-state index in [2.05, 4.69) is 10.3 Å². The largest absolute Gasteiger partial charge is 0.495 e. The molecule has 0 unspecified atom stereocenters. The number of hydrogen-bond acceptors (Lipinski definition) is 4. The number of carbonyl (C=O) groups is 2. The molecular weight excluding hydrogens is 248 g/mol. The van der Waals surface area contributed by atoms with E-state index in [1.165, 1.54) is 13.2 Å². The summed E-state index contributed by atoms with van der Waals surface area (Å²) in [7, 11) is 3.17. The Hall–Kier alpha value is -2.57. The summed E-state index contributed by atoms with van der Waals surface area (Å²) in [6.07, 6.45) is 0. The normalized spacial score (nSPS) is 16.6. The van der Waals surface area contributed by atoms with E-state index in [4.69, 9.17) is 10.5 Å². The zero-order valence-electron chi connectivity index (χ0n) is 10.6. The first-order valence-electron chi connectivity index (χ1n) is 5.59. The van der Waals surface area contributed by atoms with Crippen LogP contribution in [0.2, 0.25) is 0 Å². The number of nitrogens with zero attached hydrogens (tertiary/aromatic N) is 2. The molecule has 19 heavy (non-hydrogen) atoms. The van der Waals surface area contributed by atoms with Crippen molar-refractivity contribution in [1.82, 2.24) is 10.2 Å². The minimum atomic E-state index is -0.474. The Kier molecular flexibility index (Phi) is 3.37. The molecule has 100 valence electrons. The molecule has 1 fully saturated rings. The number of amides is 2. The molecule has 1 aromatic rings. The van der Waals surface area contributed by atoms with Crippen molar-refractivity contribution in [3.63, 3.8) is 0 Å². The van der Waals surface area contributed by atoms with Crippen LogP contribution in [-0.2, 0) is 4.79 Å². The van der Waals surface area contributed by atoms with E-state index in [0.717, 1.165) is 0 Å². The number of nitrogen functional groups attached to an aromatic ring is 1. The van der Waals surface area contributed by atoms with Crippen LogP contribution in [0.5, 0.6) is 5.75 Å². The molecule has 0 atom stereocenters. The van der Waals surface area contributed by atoms with Gasteiger partial charge in [-0.15, -0.1) is 0 Å². The summed E-state index contributed by atoms with van der Waals surface area (Å²) in [4.78, 5) is 28.5. The molecule has 0 spiro atoms. The van der Waals surface area contributed by atoms with Crippen LogP contribution in [0.25, 0.3) is 0 Å². The van der Waals surface area contributed by atoms with Gasteiger partial charge in [0.15, 0.2) is 0 Å². The summed E-state index contributed by atoms with van der Waals surface area (Å²) >= 11 is 0. The van der Waals surface area contributed by atoms with Crippen LogP contribution in [0, 0.1) is 0 Å². The van der Waals surface area contributed by atoms with E-state index in [1.54, 1.807) is 24.1 Å². The fraction of sp³-hybridized carbons (Fsp3) is 0.250. The summed E-state index contributed by atoms with van der Waals surface area (Å²) < 4.78 is 5.01. The van der Waals surface area contributed by atoms with Gasteiger partial charge in [0.1, 0.15) is 5.75 Å². The van der Waals surface area contributed by atoms with E-state index < -0.39 is 5.91 Å². The third-order valence-corrected chi connectivity index (χ3v) is 2.68. The second-order valence-corrected chi connectivity index (χ2v) is 4.10. The van der Waals surface area contributed by atoms with Crippen molar-refractivity contribution in [2.75, 3.05) is 26.4 Å². The summed E-state index contributed by atoms with van der Waals surface area (Å²) in [5.74, 6) is 0.0709. The van der Waals surface area contributed by atoms with Gasteiger partial charge in [0.25, 0.3) is 5.91 Å². The van der Waals surface area contributed by atoms with Crippen molar-refractivity contribution in [1.29, 1.82) is 0 Å². The molecule has 1 saturated heterocycles. The standard InChI is InChI=1S/C12H14N4O3/c1-16-6-10(17)14-12(16)15-11(18)7-3-4-9(19-2)8(13)5-7/h3-5H,6,13H2,1-2H3,(H,14,15,17,18). The number of carbonyl (C=O) groups excluding carboxylic acids is 2. The van der Waals surface area contributed by atoms with Gasteiger partial charge in [-0.1, -0.05) is 0 Å². The molecule has 0 aromatic heterocycles. The van der Waals surface area contributed by atoms with E-state index in [9.17, 15) is 9.59 Å². The molecule has 1 aromatic carbocycles. The van der Waals surface area contributed by atoms with Crippen LogP contribution in [-0.4, -0.2) is 43.4 Å². The SMILES string of the molecule is COc1ccc(C(=O)N=C2NC(=O)CN2C)cc1N. The Balaban J connectivity index is 2.23. The lowest BCUT2D eigenvalue weighted by Gasteiger charge is -2.08. The van der Waals surface area contributed by atoms with Gasteiger partial charge in [-0.3, -0.25) is 14.9 Å². The van der Waals surface area contributed by atoms with Crippen LogP contribution in [0.15, 0.2) is 23.2 Å². The Labute approximate surface area is 110 Å². The number of likely N-dealkylation sites (N-methyl/N-ethyl adjacent to an activating group) is 1. The highest BCUT2D eigenvalue weighted by molar-refractivity contribution is 6.10. The van der Waals surface area contributed by atoms with Gasteiger partial charge in [0.05, 0.1) is 19.3 Å². The lowest BCUT2D eigenvalue weighted by atomic mass is 10.2. The van der Waals surface area contributed by atoms with Crippen molar-refractivity contribution in [3.8, 4) is 5.75 Å². The quantitative estimate of drug-likeness (QED) is 0.721. The number of nitrogens with one attached hydrogen (secondary N) is 1. The van der Waals surface area contributed by atoms with Gasteiger partial charge in [-0.2, -0.15) is 4.99 Å². The highest BCUT2D eigenvalue weighted by Crippen LogP contribution is 2.22. The zero-order chi connectivity index (χ0) is 14.0. The molecule has 0 radical (unpaired) electrons. The summed E-state index contributed by atoms with van der Waals surface area (Å²) in [6, 6.07) is 4.65. The number of guanidine groups is 1. The Morgan fingerprint density at radius 2 is 2.26 bits per heavy atom. The maximum absolute atomic E-state index is 11.9. The molecule has 2 rings (SSSR count). The fourth-order valence-corrected chi connectivity index (χ4v) is 1.69. The van der Waals surface area contributed by atoms with Crippen molar-refractivity contribution < 1.29 is 14.3 Å². The van der Waals surface area contributed by atoms with Crippen LogP contribution in [0.3, 0.4) is 0 Å². The molecule has 7 heteroatoms. The lowest BCUT2D eigenvalue weighted by molar-refractivity contribution is -0.118. The molecule has 0 bridgehead atoms. The Bertz CT molecular complexity index is 568. The average molecular weight is 262 g/mol. The molecule has 0 saturated carbocycles. The first-order valence-corrected chi connectivity index (χ1v) is 5.59. The zero-order valence-corrected chi connectivity index (χ0v) is 10.6. The second-order valence-electron chi connectivity index (χ2n) is 4.10. The monoisotopic (exact) mass is 262 g/mol. The van der Waals surface area contributed by atoms with Gasteiger partial charge in [-0.05, 0) is 18.2 Å². The Morgan fingerprint density at radius 1 is 1.53 bits per heavy atom. The first-order chi connectivity index (χ1) is 9.01. The number of methoxy groups -OCH3 is 1. The number of benzene rings is 1. The number of hydrogen-bond donors (Lipinski definition) is 2. The van der Waals surface area contributed by atoms with Gasteiger partial charge in [0.2, 0.25) is 11.9 Å². The van der Waals surface area contributed by atoms with Crippen LogP contribution >= 0.6 is 0 Å². The van der Waals surface area contributed by atoms with Gasteiger partial charge >= 0.3 is 0 Å². The molecule has 1 aliphatic rings. The predicted octanol–water partition coefficient (Wildman–Crippen LogP) is -0.165. The highest BCUT2D eigenvalue weighted by atomic mass is 16.5. The van der Waals surface area contributed by atoms with E-state index >= 15 is 0 Å². The van der Waals surface area contributed by atoms with Crippen LogP contribution in [0.4, 0.5) is 5.69 Å². The second kappa shape index (κ2) is 4.97. The van der Waals surface area contributed by atoms with Crippen molar-refractivity contribution in [3.05, 3.63) is 23.8 Å². The van der Waals surface area contributed by atoms with Gasteiger partial charge in [-0.25, -0.2) is 0 Å². The first kappa shape index (κ1) is 12.9. The van der Waals surface area contributed by atoms with Gasteiger partial charge in [0, 0.05) is 12.6 Å².